The molecule has 0 aliphatic carbocycles. The first-order valence-electron chi connectivity index (χ1n) is 5.83. The van der Waals surface area contributed by atoms with E-state index in [0.29, 0.717) is 12.3 Å². The van der Waals surface area contributed by atoms with Gasteiger partial charge in [-0.05, 0) is 38.8 Å². The Balaban J connectivity index is 2.34. The molecule has 0 spiro atoms. The molecule has 1 unspecified atom stereocenters. The van der Waals surface area contributed by atoms with Gasteiger partial charge in [0.2, 0.25) is 5.91 Å². The van der Waals surface area contributed by atoms with Gasteiger partial charge in [0.25, 0.3) is 0 Å². The molecule has 16 heavy (non-hydrogen) atoms. The first-order valence-corrected chi connectivity index (χ1v) is 5.83. The fraction of sp³-hybridized carbons (Fsp3) is 0.909. The zero-order valence-electron chi connectivity index (χ0n) is 9.83. The van der Waals surface area contributed by atoms with E-state index < -0.39 is 5.54 Å². The van der Waals surface area contributed by atoms with Crippen molar-refractivity contribution in [3.63, 3.8) is 0 Å². The monoisotopic (exact) mass is 230 g/mol. The molecule has 0 saturated carbocycles. The summed E-state index contributed by atoms with van der Waals surface area (Å²) in [5.41, 5.74) is -0.904. The average Bonchev–Trinajstić information content (AvgIpc) is 2.30. The minimum absolute atomic E-state index is 0.0979. The van der Waals surface area contributed by atoms with Gasteiger partial charge in [0, 0.05) is 6.42 Å². The van der Waals surface area contributed by atoms with E-state index in [1.165, 1.54) is 0 Å². The Morgan fingerprint density at radius 3 is 2.69 bits per heavy atom. The largest absolute Gasteiger partial charge is 0.394 e. The highest BCUT2D eigenvalue weighted by molar-refractivity contribution is 5.77. The zero-order chi connectivity index (χ0) is 12.0. The molecule has 5 nitrogen and oxygen atoms in total. The molecule has 1 rings (SSSR count). The minimum atomic E-state index is -0.904. The van der Waals surface area contributed by atoms with Gasteiger partial charge in [-0.2, -0.15) is 0 Å². The van der Waals surface area contributed by atoms with Crippen LogP contribution in [0, 0.1) is 5.92 Å². The number of aliphatic hydroxyl groups is 2. The molecule has 0 aromatic heterocycles. The van der Waals surface area contributed by atoms with Gasteiger partial charge in [0.15, 0.2) is 0 Å². The van der Waals surface area contributed by atoms with Crippen molar-refractivity contribution < 1.29 is 15.0 Å². The van der Waals surface area contributed by atoms with Crippen LogP contribution in [0.15, 0.2) is 0 Å². The van der Waals surface area contributed by atoms with E-state index in [9.17, 15) is 4.79 Å². The van der Waals surface area contributed by atoms with E-state index in [-0.39, 0.29) is 19.1 Å². The number of nitrogens with one attached hydrogen (secondary N) is 2. The van der Waals surface area contributed by atoms with Crippen LogP contribution in [-0.4, -0.2) is 48.0 Å². The Hall–Kier alpha value is -0.650. The van der Waals surface area contributed by atoms with Crippen molar-refractivity contribution in [1.82, 2.24) is 10.6 Å². The fourth-order valence-electron chi connectivity index (χ4n) is 1.88. The van der Waals surface area contributed by atoms with Gasteiger partial charge < -0.3 is 20.8 Å². The molecule has 5 heteroatoms. The predicted molar refractivity (Wildman–Crippen MR) is 60.9 cm³/mol. The third kappa shape index (κ3) is 4.08. The number of piperidine rings is 1. The highest BCUT2D eigenvalue weighted by Crippen LogP contribution is 2.14. The lowest BCUT2D eigenvalue weighted by Gasteiger charge is -2.28. The number of hydrogen-bond acceptors (Lipinski definition) is 4. The van der Waals surface area contributed by atoms with Crippen molar-refractivity contribution in [2.75, 3.05) is 26.3 Å². The average molecular weight is 230 g/mol. The molecule has 94 valence electrons. The third-order valence-corrected chi connectivity index (χ3v) is 3.01. The number of amides is 1. The Bertz CT molecular complexity index is 223. The van der Waals surface area contributed by atoms with Gasteiger partial charge in [0.1, 0.15) is 0 Å². The zero-order valence-corrected chi connectivity index (χ0v) is 9.83. The van der Waals surface area contributed by atoms with E-state index in [0.717, 1.165) is 25.9 Å². The van der Waals surface area contributed by atoms with Crippen LogP contribution in [0.5, 0.6) is 0 Å². The van der Waals surface area contributed by atoms with Crippen LogP contribution >= 0.6 is 0 Å². The van der Waals surface area contributed by atoms with Crippen LogP contribution < -0.4 is 10.6 Å². The summed E-state index contributed by atoms with van der Waals surface area (Å²) in [7, 11) is 0. The number of hydrogen-bond donors (Lipinski definition) is 4. The normalized spacial score (nSPS) is 21.8. The van der Waals surface area contributed by atoms with Crippen molar-refractivity contribution in [3.05, 3.63) is 0 Å². The Morgan fingerprint density at radius 1 is 1.50 bits per heavy atom. The molecule has 0 bridgehead atoms. The molecule has 4 N–H and O–H groups in total. The standard InChI is InChI=1S/C11H22N2O3/c1-11(7-14,8-15)13-10(16)5-9-3-2-4-12-6-9/h9,12,14-15H,2-8H2,1H3,(H,13,16). The Labute approximate surface area is 96.2 Å². The van der Waals surface area contributed by atoms with Crippen molar-refractivity contribution in [2.45, 2.75) is 31.7 Å². The summed E-state index contributed by atoms with van der Waals surface area (Å²) in [6.45, 7) is 3.03. The Morgan fingerprint density at radius 2 is 2.19 bits per heavy atom. The van der Waals surface area contributed by atoms with Crippen LogP contribution in [0.25, 0.3) is 0 Å². The number of carbonyl (C=O) groups excluding carboxylic acids is 1. The van der Waals surface area contributed by atoms with Crippen LogP contribution in [-0.2, 0) is 4.79 Å². The molecule has 1 saturated heterocycles. The van der Waals surface area contributed by atoms with Gasteiger partial charge in [-0.3, -0.25) is 4.79 Å². The molecule has 1 aliphatic heterocycles. The third-order valence-electron chi connectivity index (χ3n) is 3.01. The lowest BCUT2D eigenvalue weighted by molar-refractivity contribution is -0.125. The topological polar surface area (TPSA) is 81.6 Å². The highest BCUT2D eigenvalue weighted by atomic mass is 16.3. The maximum atomic E-state index is 11.7. The minimum Gasteiger partial charge on any atom is -0.394 e. The fourth-order valence-corrected chi connectivity index (χ4v) is 1.88. The van der Waals surface area contributed by atoms with Crippen molar-refractivity contribution >= 4 is 5.91 Å². The van der Waals surface area contributed by atoms with Gasteiger partial charge in [-0.15, -0.1) is 0 Å². The molecule has 1 amide bonds. The molecule has 1 atom stereocenters. The molecule has 1 fully saturated rings. The quantitative estimate of drug-likeness (QED) is 0.500. The summed E-state index contributed by atoms with van der Waals surface area (Å²) in [5, 5.41) is 24.0. The molecule has 1 heterocycles. The van der Waals surface area contributed by atoms with Crippen LogP contribution in [0.2, 0.25) is 0 Å². The predicted octanol–water partition coefficient (Wildman–Crippen LogP) is -0.764. The van der Waals surface area contributed by atoms with Crippen molar-refractivity contribution in [1.29, 1.82) is 0 Å². The second-order valence-corrected chi connectivity index (χ2v) is 4.84. The van der Waals surface area contributed by atoms with E-state index >= 15 is 0 Å². The van der Waals surface area contributed by atoms with Gasteiger partial charge >= 0.3 is 0 Å². The van der Waals surface area contributed by atoms with Crippen molar-refractivity contribution in [2.24, 2.45) is 5.92 Å². The number of rotatable bonds is 5. The summed E-state index contributed by atoms with van der Waals surface area (Å²) in [5.74, 6) is 0.273. The summed E-state index contributed by atoms with van der Waals surface area (Å²) < 4.78 is 0. The van der Waals surface area contributed by atoms with Crippen LogP contribution in [0.4, 0.5) is 0 Å². The van der Waals surface area contributed by atoms with E-state index in [1.807, 2.05) is 0 Å². The molecule has 0 radical (unpaired) electrons. The molecular weight excluding hydrogens is 208 g/mol. The van der Waals surface area contributed by atoms with E-state index in [2.05, 4.69) is 10.6 Å². The maximum absolute atomic E-state index is 11.7. The lowest BCUT2D eigenvalue weighted by Crippen LogP contribution is -2.52. The first kappa shape index (κ1) is 13.4. The SMILES string of the molecule is CC(CO)(CO)NC(=O)CC1CCCNC1. The smallest absolute Gasteiger partial charge is 0.220 e. The van der Waals surface area contributed by atoms with Gasteiger partial charge in [0.05, 0.1) is 18.8 Å². The summed E-state index contributed by atoms with van der Waals surface area (Å²) >= 11 is 0. The van der Waals surface area contributed by atoms with E-state index in [4.69, 9.17) is 10.2 Å². The molecule has 1 aliphatic rings. The maximum Gasteiger partial charge on any atom is 0.220 e. The van der Waals surface area contributed by atoms with Crippen LogP contribution in [0.1, 0.15) is 26.2 Å². The molecule has 0 aromatic rings. The number of carbonyl (C=O) groups is 1. The van der Waals surface area contributed by atoms with Crippen molar-refractivity contribution in [3.8, 4) is 0 Å². The highest BCUT2D eigenvalue weighted by Gasteiger charge is 2.26. The van der Waals surface area contributed by atoms with Gasteiger partial charge in [-0.25, -0.2) is 0 Å². The second-order valence-electron chi connectivity index (χ2n) is 4.84. The second kappa shape index (κ2) is 6.18. The lowest BCUT2D eigenvalue weighted by atomic mass is 9.95. The molecular formula is C11H22N2O3. The summed E-state index contributed by atoms with van der Waals surface area (Å²) in [4.78, 5) is 11.7. The summed E-state index contributed by atoms with van der Waals surface area (Å²) in [6.07, 6.45) is 2.63. The Kier molecular flexibility index (Phi) is 5.18. The summed E-state index contributed by atoms with van der Waals surface area (Å²) in [6, 6.07) is 0. The molecule has 0 aromatic carbocycles. The first-order chi connectivity index (χ1) is 7.59. The number of aliphatic hydroxyl groups excluding tert-OH is 2. The van der Waals surface area contributed by atoms with Crippen LogP contribution in [0.3, 0.4) is 0 Å². The van der Waals surface area contributed by atoms with E-state index in [1.54, 1.807) is 6.92 Å². The van der Waals surface area contributed by atoms with Gasteiger partial charge in [-0.1, -0.05) is 0 Å².